The fourth-order valence-corrected chi connectivity index (χ4v) is 6.44. The average Bonchev–Trinajstić information content (AvgIpc) is 3.08. The van der Waals surface area contributed by atoms with Crippen molar-refractivity contribution in [1.29, 1.82) is 0 Å². The lowest BCUT2D eigenvalue weighted by Gasteiger charge is -2.29. The number of ketones is 1. The number of hydrogen-bond donors (Lipinski definition) is 2. The lowest BCUT2D eigenvalue weighted by atomic mass is 9.94. The molecule has 0 spiro atoms. The maximum atomic E-state index is 13.5. The molecule has 4 aromatic rings. The van der Waals surface area contributed by atoms with Gasteiger partial charge in [0.25, 0.3) is 0 Å². The standard InChI is InChI=1S/C37H38N4O3/c38-36(43)31-17-15-29(40-19-3-1-4-20-40)23-33(31)25-7-11-27(12-8-25)35(42)28-13-9-26(10-14-28)34-24-30(16-18-32(34)37(39)44)41-21-5-2-6-22-41/h7-18,23-24H,1-6,19-22H2,(H2,38,43)(H2,39,44). The highest BCUT2D eigenvalue weighted by molar-refractivity contribution is 6.10. The third-order valence-electron chi connectivity index (χ3n) is 8.90. The number of carbonyl (C=O) groups is 3. The van der Waals surface area contributed by atoms with E-state index in [9.17, 15) is 14.4 Å². The molecule has 4 N–H and O–H groups in total. The van der Waals surface area contributed by atoms with E-state index in [2.05, 4.69) is 9.80 Å². The Morgan fingerprint density at radius 3 is 1.18 bits per heavy atom. The van der Waals surface area contributed by atoms with Crippen LogP contribution in [0, 0.1) is 0 Å². The van der Waals surface area contributed by atoms with Gasteiger partial charge in [-0.1, -0.05) is 48.5 Å². The number of hydrogen-bond acceptors (Lipinski definition) is 5. The fourth-order valence-electron chi connectivity index (χ4n) is 6.44. The Labute approximate surface area is 258 Å². The summed E-state index contributed by atoms with van der Waals surface area (Å²) < 4.78 is 0. The van der Waals surface area contributed by atoms with E-state index >= 15 is 0 Å². The van der Waals surface area contributed by atoms with Gasteiger partial charge in [0.2, 0.25) is 11.8 Å². The molecule has 0 aliphatic carbocycles. The Morgan fingerprint density at radius 1 is 0.477 bits per heavy atom. The number of nitrogens with two attached hydrogens (primary N) is 2. The molecular formula is C37H38N4O3. The van der Waals surface area contributed by atoms with Gasteiger partial charge in [-0.15, -0.1) is 0 Å². The largest absolute Gasteiger partial charge is 0.372 e. The van der Waals surface area contributed by atoms with Crippen molar-refractivity contribution in [2.75, 3.05) is 36.0 Å². The van der Waals surface area contributed by atoms with E-state index in [1.165, 1.54) is 12.8 Å². The molecule has 224 valence electrons. The van der Waals surface area contributed by atoms with E-state index in [0.717, 1.165) is 85.5 Å². The molecule has 2 fully saturated rings. The summed E-state index contributed by atoms with van der Waals surface area (Å²) in [6.45, 7) is 3.98. The van der Waals surface area contributed by atoms with Gasteiger partial charge in [-0.25, -0.2) is 0 Å². The summed E-state index contributed by atoms with van der Waals surface area (Å²) >= 11 is 0. The van der Waals surface area contributed by atoms with Gasteiger partial charge in [0.1, 0.15) is 0 Å². The summed E-state index contributed by atoms with van der Waals surface area (Å²) in [5.74, 6) is -1.07. The molecule has 0 bridgehead atoms. The second kappa shape index (κ2) is 12.8. The predicted octanol–water partition coefficient (Wildman–Crippen LogP) is 6.43. The lowest BCUT2D eigenvalue weighted by molar-refractivity contribution is 0.0992. The summed E-state index contributed by atoms with van der Waals surface area (Å²) in [7, 11) is 0. The van der Waals surface area contributed by atoms with Crippen LogP contribution in [0.25, 0.3) is 22.3 Å². The molecule has 7 heteroatoms. The van der Waals surface area contributed by atoms with Gasteiger partial charge >= 0.3 is 0 Å². The average molecular weight is 587 g/mol. The lowest BCUT2D eigenvalue weighted by Crippen LogP contribution is -2.29. The Hall–Kier alpha value is -4.91. The smallest absolute Gasteiger partial charge is 0.249 e. The van der Waals surface area contributed by atoms with Crippen LogP contribution < -0.4 is 21.3 Å². The molecule has 2 heterocycles. The Balaban J connectivity index is 1.24. The van der Waals surface area contributed by atoms with Crippen molar-refractivity contribution in [3.05, 3.63) is 107 Å². The van der Waals surface area contributed by atoms with E-state index < -0.39 is 11.8 Å². The molecule has 4 aromatic carbocycles. The summed E-state index contributed by atoms with van der Waals surface area (Å²) in [4.78, 5) is 42.7. The molecule has 2 amide bonds. The monoisotopic (exact) mass is 586 g/mol. The second-order valence-corrected chi connectivity index (χ2v) is 11.8. The SMILES string of the molecule is NC(=O)c1ccc(N2CCCCC2)cc1-c1ccc(C(=O)c2ccc(-c3cc(N4CCCCC4)ccc3C(N)=O)cc2)cc1. The minimum atomic E-state index is -0.480. The van der Waals surface area contributed by atoms with Gasteiger partial charge in [0, 0.05) is 59.8 Å². The van der Waals surface area contributed by atoms with Gasteiger partial charge in [-0.3, -0.25) is 14.4 Å². The van der Waals surface area contributed by atoms with E-state index in [1.807, 2.05) is 48.5 Å². The number of nitrogens with zero attached hydrogens (tertiary/aromatic N) is 2. The summed E-state index contributed by atoms with van der Waals surface area (Å²) in [5.41, 5.74) is 18.8. The van der Waals surface area contributed by atoms with Crippen molar-refractivity contribution in [3.8, 4) is 22.3 Å². The highest BCUT2D eigenvalue weighted by Crippen LogP contribution is 2.32. The van der Waals surface area contributed by atoms with E-state index in [1.54, 1.807) is 36.4 Å². The minimum Gasteiger partial charge on any atom is -0.372 e. The summed E-state index contributed by atoms with van der Waals surface area (Å²) in [5, 5.41) is 0. The molecule has 0 saturated carbocycles. The van der Waals surface area contributed by atoms with Gasteiger partial charge in [0.05, 0.1) is 0 Å². The van der Waals surface area contributed by atoms with Crippen LogP contribution in [0.15, 0.2) is 84.9 Å². The topological polar surface area (TPSA) is 110 Å². The van der Waals surface area contributed by atoms with Crippen molar-refractivity contribution < 1.29 is 14.4 Å². The maximum Gasteiger partial charge on any atom is 0.249 e. The number of rotatable bonds is 8. The normalized spacial score (nSPS) is 15.2. The van der Waals surface area contributed by atoms with Crippen LogP contribution in [0.5, 0.6) is 0 Å². The van der Waals surface area contributed by atoms with Crippen LogP contribution in [0.2, 0.25) is 0 Å². The highest BCUT2D eigenvalue weighted by Gasteiger charge is 2.19. The van der Waals surface area contributed by atoms with E-state index in [-0.39, 0.29) is 5.78 Å². The van der Waals surface area contributed by atoms with Crippen LogP contribution in [-0.4, -0.2) is 43.8 Å². The number of amides is 2. The van der Waals surface area contributed by atoms with Crippen molar-refractivity contribution in [1.82, 2.24) is 0 Å². The van der Waals surface area contributed by atoms with Crippen molar-refractivity contribution in [3.63, 3.8) is 0 Å². The van der Waals surface area contributed by atoms with Crippen LogP contribution in [0.1, 0.15) is 75.2 Å². The molecular weight excluding hydrogens is 548 g/mol. The second-order valence-electron chi connectivity index (χ2n) is 11.8. The molecule has 0 aromatic heterocycles. The van der Waals surface area contributed by atoms with Gasteiger partial charge in [0.15, 0.2) is 5.78 Å². The van der Waals surface area contributed by atoms with Crippen LogP contribution >= 0.6 is 0 Å². The number of piperidine rings is 2. The first kappa shape index (κ1) is 29.2. The zero-order valence-corrected chi connectivity index (χ0v) is 24.9. The molecule has 44 heavy (non-hydrogen) atoms. The number of benzene rings is 4. The quantitative estimate of drug-likeness (QED) is 0.231. The molecule has 6 rings (SSSR count). The van der Waals surface area contributed by atoms with Crippen molar-refractivity contribution in [2.45, 2.75) is 38.5 Å². The Bertz CT molecular complexity index is 1560. The molecule has 2 aliphatic heterocycles. The van der Waals surface area contributed by atoms with Crippen LogP contribution in [-0.2, 0) is 0 Å². The molecule has 0 radical (unpaired) electrons. The molecule has 0 unspecified atom stereocenters. The van der Waals surface area contributed by atoms with Crippen molar-refractivity contribution in [2.24, 2.45) is 11.5 Å². The van der Waals surface area contributed by atoms with E-state index in [0.29, 0.717) is 22.3 Å². The number of carbonyl (C=O) groups excluding carboxylic acids is 3. The van der Waals surface area contributed by atoms with Crippen molar-refractivity contribution >= 4 is 29.0 Å². The van der Waals surface area contributed by atoms with Crippen LogP contribution in [0.3, 0.4) is 0 Å². The van der Waals surface area contributed by atoms with Crippen LogP contribution in [0.4, 0.5) is 11.4 Å². The van der Waals surface area contributed by atoms with Gasteiger partial charge < -0.3 is 21.3 Å². The first-order chi connectivity index (χ1) is 21.4. The molecule has 7 nitrogen and oxygen atoms in total. The van der Waals surface area contributed by atoms with E-state index in [4.69, 9.17) is 11.5 Å². The third-order valence-corrected chi connectivity index (χ3v) is 8.90. The fraction of sp³-hybridized carbons (Fsp3) is 0.270. The first-order valence-electron chi connectivity index (χ1n) is 15.5. The summed E-state index contributed by atoms with van der Waals surface area (Å²) in [6.07, 6.45) is 7.09. The first-order valence-corrected chi connectivity index (χ1v) is 15.5. The molecule has 2 aliphatic rings. The highest BCUT2D eigenvalue weighted by atomic mass is 16.1. The van der Waals surface area contributed by atoms with Gasteiger partial charge in [-0.05, 0) is 97.2 Å². The minimum absolute atomic E-state index is 0.113. The molecule has 0 atom stereocenters. The summed E-state index contributed by atoms with van der Waals surface area (Å²) in [6, 6.07) is 26.2. The number of primary amides is 2. The molecule has 2 saturated heterocycles. The zero-order chi connectivity index (χ0) is 30.6. The Morgan fingerprint density at radius 2 is 0.841 bits per heavy atom. The number of anilines is 2. The maximum absolute atomic E-state index is 13.5. The zero-order valence-electron chi connectivity index (χ0n) is 24.9. The predicted molar refractivity (Wildman–Crippen MR) is 176 cm³/mol. The van der Waals surface area contributed by atoms with Gasteiger partial charge in [-0.2, -0.15) is 0 Å². The third kappa shape index (κ3) is 6.09. The Kier molecular flexibility index (Phi) is 8.46.